The number of phenols is 1. The molecule has 2 aromatic carbocycles. The van der Waals surface area contributed by atoms with E-state index in [0.29, 0.717) is 11.8 Å². The summed E-state index contributed by atoms with van der Waals surface area (Å²) in [7, 11) is 0. The van der Waals surface area contributed by atoms with Gasteiger partial charge >= 0.3 is 0 Å². The molecule has 0 bridgehead atoms. The molecule has 1 atom stereocenters. The van der Waals surface area contributed by atoms with Crippen molar-refractivity contribution in [3.05, 3.63) is 65.2 Å². The standard InChI is InChI=1S/C18H21NO/c20-16-9-10-17-15(13-16)7-4-8-18(17)19-12-11-14-5-2-1-3-6-14/h1-3,5-6,9-10,13,18-20H,4,7-8,11-12H2. The Morgan fingerprint density at radius 3 is 2.80 bits per heavy atom. The van der Waals surface area contributed by atoms with Gasteiger partial charge in [-0.15, -0.1) is 0 Å². The lowest BCUT2D eigenvalue weighted by Gasteiger charge is -2.26. The second-order valence-corrected chi connectivity index (χ2v) is 5.52. The number of hydrogen-bond acceptors (Lipinski definition) is 2. The number of hydrogen-bond donors (Lipinski definition) is 2. The van der Waals surface area contributed by atoms with Crippen molar-refractivity contribution in [2.24, 2.45) is 0 Å². The van der Waals surface area contributed by atoms with Crippen molar-refractivity contribution in [1.29, 1.82) is 0 Å². The maximum atomic E-state index is 9.58. The first kappa shape index (κ1) is 13.2. The molecule has 0 aromatic heterocycles. The molecule has 0 radical (unpaired) electrons. The Bertz CT molecular complexity index is 565. The van der Waals surface area contributed by atoms with E-state index in [1.54, 1.807) is 6.07 Å². The molecule has 2 aromatic rings. The van der Waals surface area contributed by atoms with E-state index >= 15 is 0 Å². The van der Waals surface area contributed by atoms with Crippen LogP contribution in [-0.2, 0) is 12.8 Å². The zero-order chi connectivity index (χ0) is 13.8. The van der Waals surface area contributed by atoms with Gasteiger partial charge < -0.3 is 10.4 Å². The Balaban J connectivity index is 1.62. The molecule has 104 valence electrons. The van der Waals surface area contributed by atoms with Crippen molar-refractivity contribution in [2.75, 3.05) is 6.54 Å². The van der Waals surface area contributed by atoms with Crippen LogP contribution in [0.1, 0.15) is 35.6 Å². The Morgan fingerprint density at radius 1 is 1.10 bits per heavy atom. The fourth-order valence-corrected chi connectivity index (χ4v) is 3.05. The highest BCUT2D eigenvalue weighted by molar-refractivity contribution is 5.38. The molecular weight excluding hydrogens is 246 g/mol. The van der Waals surface area contributed by atoms with Gasteiger partial charge in [0.1, 0.15) is 5.75 Å². The first-order valence-electron chi connectivity index (χ1n) is 7.42. The van der Waals surface area contributed by atoms with E-state index in [4.69, 9.17) is 0 Å². The topological polar surface area (TPSA) is 32.3 Å². The molecule has 2 N–H and O–H groups in total. The van der Waals surface area contributed by atoms with Crippen LogP contribution in [0, 0.1) is 0 Å². The van der Waals surface area contributed by atoms with Crippen LogP contribution in [0.4, 0.5) is 0 Å². The predicted molar refractivity (Wildman–Crippen MR) is 81.9 cm³/mol. The fraction of sp³-hybridized carbons (Fsp3) is 0.333. The SMILES string of the molecule is Oc1ccc2c(c1)CCCC2NCCc1ccccc1. The molecule has 0 amide bonds. The molecule has 3 rings (SSSR count). The van der Waals surface area contributed by atoms with E-state index in [1.165, 1.54) is 29.5 Å². The summed E-state index contributed by atoms with van der Waals surface area (Å²) >= 11 is 0. The average molecular weight is 267 g/mol. The van der Waals surface area contributed by atoms with Crippen LogP contribution in [0.15, 0.2) is 48.5 Å². The highest BCUT2D eigenvalue weighted by atomic mass is 16.3. The lowest BCUT2D eigenvalue weighted by Crippen LogP contribution is -2.27. The largest absolute Gasteiger partial charge is 0.508 e. The molecule has 20 heavy (non-hydrogen) atoms. The van der Waals surface area contributed by atoms with Crippen molar-refractivity contribution in [1.82, 2.24) is 5.32 Å². The maximum Gasteiger partial charge on any atom is 0.115 e. The Morgan fingerprint density at radius 2 is 1.95 bits per heavy atom. The molecule has 0 spiro atoms. The number of fused-ring (bicyclic) bond motifs is 1. The molecule has 0 fully saturated rings. The second kappa shape index (κ2) is 6.10. The van der Waals surface area contributed by atoms with Gasteiger partial charge in [-0.1, -0.05) is 36.4 Å². The number of rotatable bonds is 4. The van der Waals surface area contributed by atoms with Gasteiger partial charge in [0, 0.05) is 6.04 Å². The van der Waals surface area contributed by atoms with Gasteiger partial charge in [0.2, 0.25) is 0 Å². The van der Waals surface area contributed by atoms with Crippen LogP contribution in [0.2, 0.25) is 0 Å². The minimum atomic E-state index is 0.383. The van der Waals surface area contributed by atoms with Crippen LogP contribution < -0.4 is 5.32 Å². The van der Waals surface area contributed by atoms with Crippen LogP contribution >= 0.6 is 0 Å². The predicted octanol–water partition coefficient (Wildman–Crippen LogP) is 3.60. The summed E-state index contributed by atoms with van der Waals surface area (Å²) in [5.41, 5.74) is 4.04. The molecular formula is C18H21NO. The van der Waals surface area contributed by atoms with Crippen LogP contribution in [0.25, 0.3) is 0 Å². The van der Waals surface area contributed by atoms with Crippen molar-refractivity contribution in [3.63, 3.8) is 0 Å². The quantitative estimate of drug-likeness (QED) is 0.887. The van der Waals surface area contributed by atoms with Crippen LogP contribution in [0.3, 0.4) is 0 Å². The smallest absolute Gasteiger partial charge is 0.115 e. The zero-order valence-electron chi connectivity index (χ0n) is 11.7. The Labute approximate surface area is 120 Å². The molecule has 0 saturated carbocycles. The van der Waals surface area contributed by atoms with E-state index < -0.39 is 0 Å². The lowest BCUT2D eigenvalue weighted by molar-refractivity contribution is 0.452. The van der Waals surface area contributed by atoms with Crippen molar-refractivity contribution in [2.45, 2.75) is 31.7 Å². The summed E-state index contributed by atoms with van der Waals surface area (Å²) in [4.78, 5) is 0. The molecule has 0 heterocycles. The van der Waals surface area contributed by atoms with Crippen LogP contribution in [0.5, 0.6) is 5.75 Å². The molecule has 1 unspecified atom stereocenters. The fourth-order valence-electron chi connectivity index (χ4n) is 3.05. The zero-order valence-corrected chi connectivity index (χ0v) is 11.7. The molecule has 2 nitrogen and oxygen atoms in total. The summed E-state index contributed by atoms with van der Waals surface area (Å²) in [6, 6.07) is 16.8. The number of benzene rings is 2. The molecule has 0 aliphatic heterocycles. The summed E-state index contributed by atoms with van der Waals surface area (Å²) in [5, 5.41) is 13.2. The third-order valence-corrected chi connectivity index (χ3v) is 4.09. The third kappa shape index (κ3) is 3.02. The van der Waals surface area contributed by atoms with Gasteiger partial charge in [0.15, 0.2) is 0 Å². The number of phenolic OH excluding ortho intramolecular Hbond substituents is 1. The van der Waals surface area contributed by atoms with E-state index in [2.05, 4.69) is 41.7 Å². The van der Waals surface area contributed by atoms with Gasteiger partial charge in [-0.25, -0.2) is 0 Å². The summed E-state index contributed by atoms with van der Waals surface area (Å²) in [6.45, 7) is 0.995. The summed E-state index contributed by atoms with van der Waals surface area (Å²) < 4.78 is 0. The highest BCUT2D eigenvalue weighted by Crippen LogP contribution is 2.31. The maximum absolute atomic E-state index is 9.58. The summed E-state index contributed by atoms with van der Waals surface area (Å²) in [5.74, 6) is 0.383. The lowest BCUT2D eigenvalue weighted by atomic mass is 9.87. The summed E-state index contributed by atoms with van der Waals surface area (Å²) in [6.07, 6.45) is 4.53. The Kier molecular flexibility index (Phi) is 4.03. The second-order valence-electron chi connectivity index (χ2n) is 5.52. The monoisotopic (exact) mass is 267 g/mol. The van der Waals surface area contributed by atoms with Gasteiger partial charge in [-0.3, -0.25) is 0 Å². The minimum absolute atomic E-state index is 0.383. The third-order valence-electron chi connectivity index (χ3n) is 4.09. The van der Waals surface area contributed by atoms with E-state index in [1.807, 2.05) is 6.07 Å². The molecule has 2 heteroatoms. The van der Waals surface area contributed by atoms with Crippen molar-refractivity contribution in [3.8, 4) is 5.75 Å². The number of aryl methyl sites for hydroxylation is 1. The molecule has 1 aliphatic carbocycles. The van der Waals surface area contributed by atoms with Crippen LogP contribution in [-0.4, -0.2) is 11.7 Å². The van der Waals surface area contributed by atoms with E-state index in [0.717, 1.165) is 19.4 Å². The minimum Gasteiger partial charge on any atom is -0.508 e. The molecule has 0 saturated heterocycles. The van der Waals surface area contributed by atoms with Crippen molar-refractivity contribution >= 4 is 0 Å². The average Bonchev–Trinajstić information content (AvgIpc) is 2.48. The first-order chi connectivity index (χ1) is 9.83. The van der Waals surface area contributed by atoms with Gasteiger partial charge in [0.05, 0.1) is 0 Å². The number of nitrogens with one attached hydrogen (secondary N) is 1. The highest BCUT2D eigenvalue weighted by Gasteiger charge is 2.19. The van der Waals surface area contributed by atoms with Gasteiger partial charge in [-0.05, 0) is 61.1 Å². The van der Waals surface area contributed by atoms with E-state index in [9.17, 15) is 5.11 Å². The number of aromatic hydroxyl groups is 1. The molecule has 1 aliphatic rings. The van der Waals surface area contributed by atoms with Crippen molar-refractivity contribution < 1.29 is 5.11 Å². The Hall–Kier alpha value is -1.80. The van der Waals surface area contributed by atoms with Gasteiger partial charge in [-0.2, -0.15) is 0 Å². The first-order valence-corrected chi connectivity index (χ1v) is 7.42. The van der Waals surface area contributed by atoms with Gasteiger partial charge in [0.25, 0.3) is 0 Å². The van der Waals surface area contributed by atoms with E-state index in [-0.39, 0.29) is 0 Å². The normalized spacial score (nSPS) is 17.7.